The smallest absolute Gasteiger partial charge is 0.380 e. The molecule has 0 fully saturated rings. The van der Waals surface area contributed by atoms with Crippen LogP contribution in [0.25, 0.3) is 11.3 Å². The second-order valence-electron chi connectivity index (χ2n) is 5.76. The lowest BCUT2D eigenvalue weighted by molar-refractivity contribution is -0.137. The molecule has 6 heteroatoms. The molecule has 130 valence electrons. The van der Waals surface area contributed by atoms with Crippen LogP contribution in [0.5, 0.6) is 0 Å². The van der Waals surface area contributed by atoms with Crippen LogP contribution in [0.4, 0.5) is 13.2 Å². The van der Waals surface area contributed by atoms with Gasteiger partial charge in [0.05, 0.1) is 17.5 Å². The summed E-state index contributed by atoms with van der Waals surface area (Å²) in [5, 5.41) is 10.4. The third-order valence-electron chi connectivity index (χ3n) is 4.06. The van der Waals surface area contributed by atoms with E-state index in [-0.39, 0.29) is 5.82 Å². The zero-order valence-electron chi connectivity index (χ0n) is 13.5. The molecule has 3 nitrogen and oxygen atoms in total. The minimum absolute atomic E-state index is 0.289. The van der Waals surface area contributed by atoms with Gasteiger partial charge in [-0.25, -0.2) is 4.98 Å². The van der Waals surface area contributed by atoms with E-state index in [9.17, 15) is 18.3 Å². The van der Waals surface area contributed by atoms with E-state index in [1.165, 1.54) is 12.3 Å². The number of aliphatic hydroxyl groups excluding tert-OH is 1. The van der Waals surface area contributed by atoms with Crippen molar-refractivity contribution in [2.75, 3.05) is 0 Å². The topological polar surface area (TPSA) is 48.9 Å². The number of imidazole rings is 1. The van der Waals surface area contributed by atoms with Crippen molar-refractivity contribution in [3.63, 3.8) is 0 Å². The van der Waals surface area contributed by atoms with Crippen LogP contribution in [0.2, 0.25) is 0 Å². The Kier molecular flexibility index (Phi) is 4.63. The molecule has 0 aliphatic heterocycles. The number of rotatable bonds is 4. The summed E-state index contributed by atoms with van der Waals surface area (Å²) in [7, 11) is 0. The van der Waals surface area contributed by atoms with Gasteiger partial charge in [0.15, 0.2) is 0 Å². The van der Waals surface area contributed by atoms with Gasteiger partial charge in [0.1, 0.15) is 11.9 Å². The van der Waals surface area contributed by atoms with E-state index in [0.29, 0.717) is 16.8 Å². The maximum atomic E-state index is 12.8. The van der Waals surface area contributed by atoms with Crippen molar-refractivity contribution in [2.24, 2.45) is 0 Å². The van der Waals surface area contributed by atoms with Gasteiger partial charge in [-0.1, -0.05) is 43.3 Å². The van der Waals surface area contributed by atoms with Crippen molar-refractivity contribution in [1.82, 2.24) is 9.97 Å². The number of nitrogens with zero attached hydrogens (tertiary/aromatic N) is 1. The van der Waals surface area contributed by atoms with Crippen LogP contribution in [-0.2, 0) is 12.6 Å². The van der Waals surface area contributed by atoms with Crippen molar-refractivity contribution in [1.29, 1.82) is 0 Å². The summed E-state index contributed by atoms with van der Waals surface area (Å²) in [5.74, 6) is 0.289. The SMILES string of the molecule is CCc1ccc(C(O)c2ncc(-c3cccc(C(F)(F)F)c3)[nH]2)cc1. The summed E-state index contributed by atoms with van der Waals surface area (Å²) in [5.41, 5.74) is 1.88. The van der Waals surface area contributed by atoms with E-state index < -0.39 is 17.8 Å². The molecule has 1 atom stereocenters. The van der Waals surface area contributed by atoms with Crippen LogP contribution in [-0.4, -0.2) is 15.1 Å². The highest BCUT2D eigenvalue weighted by atomic mass is 19.4. The Hall–Kier alpha value is -2.60. The van der Waals surface area contributed by atoms with E-state index >= 15 is 0 Å². The van der Waals surface area contributed by atoms with Crippen molar-refractivity contribution < 1.29 is 18.3 Å². The minimum atomic E-state index is -4.40. The maximum Gasteiger partial charge on any atom is 0.416 e. The fraction of sp³-hybridized carbons (Fsp3) is 0.211. The van der Waals surface area contributed by atoms with Gasteiger partial charge in [0.2, 0.25) is 0 Å². The fourth-order valence-corrected chi connectivity index (χ4v) is 2.58. The summed E-state index contributed by atoms with van der Waals surface area (Å²) in [6, 6.07) is 12.5. The molecule has 0 saturated carbocycles. The van der Waals surface area contributed by atoms with Crippen molar-refractivity contribution in [2.45, 2.75) is 25.6 Å². The van der Waals surface area contributed by atoms with E-state index in [0.717, 1.165) is 24.1 Å². The number of aliphatic hydroxyl groups is 1. The number of benzene rings is 2. The first-order valence-corrected chi connectivity index (χ1v) is 7.88. The summed E-state index contributed by atoms with van der Waals surface area (Å²) >= 11 is 0. The number of nitrogens with one attached hydrogen (secondary N) is 1. The number of hydrogen-bond acceptors (Lipinski definition) is 2. The first kappa shape index (κ1) is 17.2. The van der Waals surface area contributed by atoms with Crippen LogP contribution < -0.4 is 0 Å². The van der Waals surface area contributed by atoms with Crippen LogP contribution in [0.1, 0.15) is 35.5 Å². The average Bonchev–Trinajstić information content (AvgIpc) is 3.11. The highest BCUT2D eigenvalue weighted by Gasteiger charge is 2.30. The molecule has 0 radical (unpaired) electrons. The molecular formula is C19H17F3N2O. The molecule has 0 aliphatic carbocycles. The van der Waals surface area contributed by atoms with Gasteiger partial charge in [0, 0.05) is 5.56 Å². The Labute approximate surface area is 143 Å². The monoisotopic (exact) mass is 346 g/mol. The normalized spacial score (nSPS) is 13.0. The van der Waals surface area contributed by atoms with E-state index in [1.54, 1.807) is 6.07 Å². The second-order valence-corrected chi connectivity index (χ2v) is 5.76. The molecule has 2 aromatic carbocycles. The third kappa shape index (κ3) is 3.74. The van der Waals surface area contributed by atoms with Gasteiger partial charge in [-0.15, -0.1) is 0 Å². The molecule has 2 N–H and O–H groups in total. The molecule has 0 spiro atoms. The van der Waals surface area contributed by atoms with Gasteiger partial charge in [0.25, 0.3) is 0 Å². The summed E-state index contributed by atoms with van der Waals surface area (Å²) in [6.45, 7) is 2.04. The number of aromatic amines is 1. The third-order valence-corrected chi connectivity index (χ3v) is 4.06. The maximum absolute atomic E-state index is 12.8. The summed E-state index contributed by atoms with van der Waals surface area (Å²) in [4.78, 5) is 7.02. The highest BCUT2D eigenvalue weighted by Crippen LogP contribution is 2.32. The minimum Gasteiger partial charge on any atom is -0.380 e. The van der Waals surface area contributed by atoms with Crippen molar-refractivity contribution in [3.8, 4) is 11.3 Å². The predicted octanol–water partition coefficient (Wildman–Crippen LogP) is 4.74. The van der Waals surface area contributed by atoms with Gasteiger partial charge >= 0.3 is 6.18 Å². The van der Waals surface area contributed by atoms with Crippen molar-refractivity contribution in [3.05, 3.63) is 77.2 Å². The van der Waals surface area contributed by atoms with E-state index in [1.807, 2.05) is 31.2 Å². The molecule has 3 aromatic rings. The van der Waals surface area contributed by atoms with Crippen LogP contribution in [0.3, 0.4) is 0 Å². The molecule has 0 saturated heterocycles. The van der Waals surface area contributed by atoms with Gasteiger partial charge < -0.3 is 10.1 Å². The Balaban J connectivity index is 1.87. The molecule has 1 unspecified atom stereocenters. The number of alkyl halides is 3. The van der Waals surface area contributed by atoms with Gasteiger partial charge in [-0.2, -0.15) is 13.2 Å². The average molecular weight is 346 g/mol. The summed E-state index contributed by atoms with van der Waals surface area (Å²) < 4.78 is 38.5. The lowest BCUT2D eigenvalue weighted by Gasteiger charge is -2.09. The Morgan fingerprint density at radius 1 is 1.12 bits per heavy atom. The molecule has 0 aliphatic rings. The quantitative estimate of drug-likeness (QED) is 0.717. The molecule has 0 bridgehead atoms. The molecule has 1 aromatic heterocycles. The van der Waals surface area contributed by atoms with Crippen LogP contribution in [0, 0.1) is 0 Å². The number of aryl methyl sites for hydroxylation is 1. The molecule has 0 amide bonds. The number of hydrogen-bond donors (Lipinski definition) is 2. The van der Waals surface area contributed by atoms with E-state index in [4.69, 9.17) is 0 Å². The Morgan fingerprint density at radius 2 is 1.84 bits per heavy atom. The predicted molar refractivity (Wildman–Crippen MR) is 88.9 cm³/mol. The molecule has 3 rings (SSSR count). The number of halogens is 3. The van der Waals surface area contributed by atoms with Crippen molar-refractivity contribution >= 4 is 0 Å². The standard InChI is InChI=1S/C19H17F3N2O/c1-2-12-6-8-13(9-7-12)17(25)18-23-11-16(24-18)14-4-3-5-15(10-14)19(20,21)22/h3-11,17,25H,2H2,1H3,(H,23,24). The fourth-order valence-electron chi connectivity index (χ4n) is 2.58. The zero-order chi connectivity index (χ0) is 18.0. The molecule has 25 heavy (non-hydrogen) atoms. The van der Waals surface area contributed by atoms with Gasteiger partial charge in [-0.05, 0) is 29.7 Å². The van der Waals surface area contributed by atoms with Crippen LogP contribution in [0.15, 0.2) is 54.7 Å². The zero-order valence-corrected chi connectivity index (χ0v) is 13.5. The lowest BCUT2D eigenvalue weighted by atomic mass is 10.1. The first-order chi connectivity index (χ1) is 11.9. The Morgan fingerprint density at radius 3 is 2.48 bits per heavy atom. The Bertz CT molecular complexity index is 854. The van der Waals surface area contributed by atoms with E-state index in [2.05, 4.69) is 9.97 Å². The lowest BCUT2D eigenvalue weighted by Crippen LogP contribution is -2.04. The number of aromatic nitrogens is 2. The summed E-state index contributed by atoms with van der Waals surface area (Å²) in [6.07, 6.45) is -3.05. The van der Waals surface area contributed by atoms with Crippen LogP contribution >= 0.6 is 0 Å². The van der Waals surface area contributed by atoms with Gasteiger partial charge in [-0.3, -0.25) is 0 Å². The molecular weight excluding hydrogens is 329 g/mol. The largest absolute Gasteiger partial charge is 0.416 e. The molecule has 1 heterocycles. The first-order valence-electron chi connectivity index (χ1n) is 7.88. The second kappa shape index (κ2) is 6.72. The highest BCUT2D eigenvalue weighted by molar-refractivity contribution is 5.60. The number of H-pyrrole nitrogens is 1.